The second-order valence-electron chi connectivity index (χ2n) is 7.12. The Morgan fingerprint density at radius 2 is 1.62 bits per heavy atom. The van der Waals surface area contributed by atoms with Crippen LogP contribution in [0.2, 0.25) is 0 Å². The summed E-state index contributed by atoms with van der Waals surface area (Å²) in [5.74, 6) is 0.235. The summed E-state index contributed by atoms with van der Waals surface area (Å²) < 4.78 is 0. The predicted molar refractivity (Wildman–Crippen MR) is 127 cm³/mol. The monoisotopic (exact) mass is 449 g/mol. The summed E-state index contributed by atoms with van der Waals surface area (Å²) in [4.78, 5) is 35.5. The predicted octanol–water partition coefficient (Wildman–Crippen LogP) is 4.96. The Morgan fingerprint density at radius 1 is 0.969 bits per heavy atom. The number of para-hydroxylation sites is 1. The molecular formula is C24H23N3O4S. The van der Waals surface area contributed by atoms with E-state index in [9.17, 15) is 19.7 Å². The molecule has 0 aliphatic rings. The van der Waals surface area contributed by atoms with Crippen LogP contribution < -0.4 is 10.6 Å². The normalized spacial score (nSPS) is 11.4. The highest BCUT2D eigenvalue weighted by atomic mass is 32.2. The second kappa shape index (κ2) is 11.1. The summed E-state index contributed by atoms with van der Waals surface area (Å²) in [6.07, 6.45) is 0. The molecule has 3 aromatic rings. The van der Waals surface area contributed by atoms with Crippen molar-refractivity contribution in [1.29, 1.82) is 0 Å². The number of thioether (sulfide) groups is 1. The molecule has 0 spiro atoms. The van der Waals surface area contributed by atoms with E-state index >= 15 is 0 Å². The Morgan fingerprint density at radius 3 is 2.31 bits per heavy atom. The van der Waals surface area contributed by atoms with Crippen LogP contribution in [-0.4, -0.2) is 22.5 Å². The van der Waals surface area contributed by atoms with E-state index in [4.69, 9.17) is 0 Å². The van der Waals surface area contributed by atoms with Crippen molar-refractivity contribution < 1.29 is 14.5 Å². The molecule has 2 N–H and O–H groups in total. The number of anilines is 1. The highest BCUT2D eigenvalue weighted by molar-refractivity contribution is 7.99. The van der Waals surface area contributed by atoms with Gasteiger partial charge in [0, 0.05) is 17.9 Å². The molecule has 0 heterocycles. The number of carbonyl (C=O) groups is 2. The fourth-order valence-corrected chi connectivity index (χ4v) is 3.84. The third-order valence-corrected chi connectivity index (χ3v) is 5.75. The molecule has 0 bridgehead atoms. The van der Waals surface area contributed by atoms with Gasteiger partial charge in [-0.1, -0.05) is 54.6 Å². The zero-order valence-electron chi connectivity index (χ0n) is 17.5. The van der Waals surface area contributed by atoms with Gasteiger partial charge in [-0.25, -0.2) is 0 Å². The molecule has 3 aromatic carbocycles. The number of hydrogen-bond acceptors (Lipinski definition) is 5. The maximum atomic E-state index is 12.8. The van der Waals surface area contributed by atoms with E-state index in [0.717, 1.165) is 11.1 Å². The number of hydrogen-bond donors (Lipinski definition) is 2. The fourth-order valence-electron chi connectivity index (χ4n) is 3.05. The van der Waals surface area contributed by atoms with Gasteiger partial charge in [-0.2, -0.15) is 0 Å². The fraction of sp³-hybridized carbons (Fsp3) is 0.167. The summed E-state index contributed by atoms with van der Waals surface area (Å²) in [5, 5.41) is 16.5. The van der Waals surface area contributed by atoms with Gasteiger partial charge in [-0.05, 0) is 30.2 Å². The highest BCUT2D eigenvalue weighted by Crippen LogP contribution is 2.20. The zero-order valence-corrected chi connectivity index (χ0v) is 18.3. The molecule has 3 rings (SSSR count). The summed E-state index contributed by atoms with van der Waals surface area (Å²) in [7, 11) is 0. The number of rotatable bonds is 9. The third-order valence-electron chi connectivity index (χ3n) is 4.74. The van der Waals surface area contributed by atoms with Crippen molar-refractivity contribution in [2.45, 2.75) is 18.7 Å². The molecule has 8 heteroatoms. The van der Waals surface area contributed by atoms with E-state index in [0.29, 0.717) is 17.0 Å². The number of nitro groups is 1. The molecule has 0 aliphatic carbocycles. The Balaban J connectivity index is 1.55. The van der Waals surface area contributed by atoms with Gasteiger partial charge in [-0.15, -0.1) is 11.8 Å². The van der Waals surface area contributed by atoms with Crippen molar-refractivity contribution in [2.75, 3.05) is 11.1 Å². The Labute approximate surface area is 190 Å². The van der Waals surface area contributed by atoms with E-state index in [1.807, 2.05) is 37.3 Å². The molecule has 0 radical (unpaired) electrons. The molecular weight excluding hydrogens is 426 g/mol. The van der Waals surface area contributed by atoms with Crippen molar-refractivity contribution in [3.8, 4) is 0 Å². The SMILES string of the molecule is C[C@@H](NC(=O)c1ccccc1NC(=O)CSCc1ccc([N+](=O)[O-])cc1)c1ccccc1. The van der Waals surface area contributed by atoms with E-state index < -0.39 is 4.92 Å². The van der Waals surface area contributed by atoms with Crippen LogP contribution in [-0.2, 0) is 10.5 Å². The second-order valence-corrected chi connectivity index (χ2v) is 8.10. The molecule has 0 saturated carbocycles. The lowest BCUT2D eigenvalue weighted by atomic mass is 10.1. The van der Waals surface area contributed by atoms with Crippen molar-refractivity contribution in [2.24, 2.45) is 0 Å². The van der Waals surface area contributed by atoms with Crippen LogP contribution in [0.1, 0.15) is 34.5 Å². The van der Waals surface area contributed by atoms with Gasteiger partial charge >= 0.3 is 0 Å². The summed E-state index contributed by atoms with van der Waals surface area (Å²) in [6, 6.07) is 22.6. The van der Waals surface area contributed by atoms with Gasteiger partial charge in [0.2, 0.25) is 5.91 Å². The van der Waals surface area contributed by atoms with E-state index in [1.165, 1.54) is 23.9 Å². The Hall–Kier alpha value is -3.65. The van der Waals surface area contributed by atoms with Crippen LogP contribution in [0.15, 0.2) is 78.9 Å². The lowest BCUT2D eigenvalue weighted by Gasteiger charge is -2.16. The molecule has 0 unspecified atom stereocenters. The maximum Gasteiger partial charge on any atom is 0.269 e. The average molecular weight is 450 g/mol. The Bertz CT molecular complexity index is 1090. The van der Waals surface area contributed by atoms with Crippen molar-refractivity contribution in [1.82, 2.24) is 5.32 Å². The summed E-state index contributed by atoms with van der Waals surface area (Å²) in [5.41, 5.74) is 2.76. The summed E-state index contributed by atoms with van der Waals surface area (Å²) >= 11 is 1.39. The van der Waals surface area contributed by atoms with Crippen LogP contribution in [0, 0.1) is 10.1 Å². The molecule has 32 heavy (non-hydrogen) atoms. The van der Waals surface area contributed by atoms with Crippen molar-refractivity contribution in [3.63, 3.8) is 0 Å². The van der Waals surface area contributed by atoms with Crippen LogP contribution in [0.3, 0.4) is 0 Å². The number of carbonyl (C=O) groups excluding carboxylic acids is 2. The van der Waals surface area contributed by atoms with Gasteiger partial charge in [0.1, 0.15) is 0 Å². The number of benzene rings is 3. The van der Waals surface area contributed by atoms with Crippen LogP contribution in [0.4, 0.5) is 11.4 Å². The van der Waals surface area contributed by atoms with Gasteiger partial charge in [0.05, 0.1) is 28.0 Å². The molecule has 0 fully saturated rings. The molecule has 2 amide bonds. The van der Waals surface area contributed by atoms with Crippen LogP contribution >= 0.6 is 11.8 Å². The number of nitro benzene ring substituents is 1. The first-order valence-electron chi connectivity index (χ1n) is 10.00. The van der Waals surface area contributed by atoms with Crippen molar-refractivity contribution >= 4 is 35.0 Å². The maximum absolute atomic E-state index is 12.8. The molecule has 0 saturated heterocycles. The van der Waals surface area contributed by atoms with Gasteiger partial charge in [0.25, 0.3) is 11.6 Å². The van der Waals surface area contributed by atoms with E-state index in [1.54, 1.807) is 36.4 Å². The van der Waals surface area contributed by atoms with Gasteiger partial charge < -0.3 is 10.6 Å². The van der Waals surface area contributed by atoms with Crippen LogP contribution in [0.25, 0.3) is 0 Å². The minimum Gasteiger partial charge on any atom is -0.345 e. The van der Waals surface area contributed by atoms with E-state index in [2.05, 4.69) is 10.6 Å². The molecule has 0 aliphatic heterocycles. The number of nitrogens with zero attached hydrogens (tertiary/aromatic N) is 1. The first kappa shape index (κ1) is 23.0. The topological polar surface area (TPSA) is 101 Å². The molecule has 0 aromatic heterocycles. The first-order valence-corrected chi connectivity index (χ1v) is 11.2. The zero-order chi connectivity index (χ0) is 22.9. The molecule has 1 atom stereocenters. The average Bonchev–Trinajstić information content (AvgIpc) is 2.80. The van der Waals surface area contributed by atoms with Gasteiger partial charge in [-0.3, -0.25) is 19.7 Å². The minimum atomic E-state index is -0.446. The Kier molecular flexibility index (Phi) is 7.99. The lowest BCUT2D eigenvalue weighted by molar-refractivity contribution is -0.384. The van der Waals surface area contributed by atoms with Gasteiger partial charge in [0.15, 0.2) is 0 Å². The number of nitrogens with one attached hydrogen (secondary N) is 2. The smallest absolute Gasteiger partial charge is 0.269 e. The highest BCUT2D eigenvalue weighted by Gasteiger charge is 2.16. The quantitative estimate of drug-likeness (QED) is 0.355. The van der Waals surface area contributed by atoms with Crippen molar-refractivity contribution in [3.05, 3.63) is 106 Å². The minimum absolute atomic E-state index is 0.0351. The third kappa shape index (κ3) is 6.42. The number of non-ortho nitro benzene ring substituents is 1. The van der Waals surface area contributed by atoms with E-state index in [-0.39, 0.29) is 29.3 Å². The molecule has 164 valence electrons. The lowest BCUT2D eigenvalue weighted by Crippen LogP contribution is -2.28. The number of amides is 2. The summed E-state index contributed by atoms with van der Waals surface area (Å²) in [6.45, 7) is 1.91. The standard InChI is InChI=1S/C24H23N3O4S/c1-17(19-7-3-2-4-8-19)25-24(29)21-9-5-6-10-22(21)26-23(28)16-32-15-18-11-13-20(14-12-18)27(30)31/h2-14,17H,15-16H2,1H3,(H,25,29)(H,26,28)/t17-/m1/s1. The molecule has 7 nitrogen and oxygen atoms in total. The first-order chi connectivity index (χ1) is 15.4. The largest absolute Gasteiger partial charge is 0.345 e. The van der Waals surface area contributed by atoms with Crippen LogP contribution in [0.5, 0.6) is 0 Å².